The summed E-state index contributed by atoms with van der Waals surface area (Å²) in [5.74, 6) is -0.505. The van der Waals surface area contributed by atoms with Crippen LogP contribution in [0.15, 0.2) is 18.2 Å². The maximum absolute atomic E-state index is 13.3. The predicted molar refractivity (Wildman–Crippen MR) is 56.1 cm³/mol. The van der Waals surface area contributed by atoms with E-state index in [1.165, 1.54) is 13.2 Å². The Labute approximate surface area is 89.1 Å². The third kappa shape index (κ3) is 3.35. The quantitative estimate of drug-likeness (QED) is 0.714. The van der Waals surface area contributed by atoms with Gasteiger partial charge in [0.15, 0.2) is 0 Å². The van der Waals surface area contributed by atoms with Crippen molar-refractivity contribution < 1.29 is 13.9 Å². The summed E-state index contributed by atoms with van der Waals surface area (Å²) in [7, 11) is 1.35. The molecule has 3 heteroatoms. The maximum Gasteiger partial charge on any atom is 0.309 e. The topological polar surface area (TPSA) is 26.3 Å². The smallest absolute Gasteiger partial charge is 0.309 e. The monoisotopic (exact) mass is 210 g/mol. The average molecular weight is 210 g/mol. The standard InChI is InChI=1S/C12H15FO2/c1-3-4-10-7-9(5-6-11(10)13)8-12(14)15-2/h5-7H,3-4,8H2,1-2H3. The number of hydrogen-bond donors (Lipinski definition) is 0. The second-order valence-corrected chi connectivity index (χ2v) is 3.43. The van der Waals surface area contributed by atoms with E-state index < -0.39 is 0 Å². The van der Waals surface area contributed by atoms with Crippen molar-refractivity contribution in [1.29, 1.82) is 0 Å². The van der Waals surface area contributed by atoms with Crippen LogP contribution in [-0.2, 0) is 22.4 Å². The Morgan fingerprint density at radius 1 is 1.47 bits per heavy atom. The molecule has 0 heterocycles. The zero-order valence-electron chi connectivity index (χ0n) is 9.05. The summed E-state index contributed by atoms with van der Waals surface area (Å²) in [5, 5.41) is 0. The normalized spacial score (nSPS) is 10.1. The molecule has 1 aromatic carbocycles. The van der Waals surface area contributed by atoms with Crippen molar-refractivity contribution in [3.05, 3.63) is 35.1 Å². The van der Waals surface area contributed by atoms with E-state index in [0.717, 1.165) is 12.0 Å². The molecule has 0 aliphatic heterocycles. The Morgan fingerprint density at radius 2 is 2.20 bits per heavy atom. The molecule has 2 nitrogen and oxygen atoms in total. The van der Waals surface area contributed by atoms with Gasteiger partial charge in [0.1, 0.15) is 5.82 Å². The summed E-state index contributed by atoms with van der Waals surface area (Å²) in [5.41, 5.74) is 1.46. The second kappa shape index (κ2) is 5.49. The molecule has 0 atom stereocenters. The highest BCUT2D eigenvalue weighted by Gasteiger charge is 2.06. The van der Waals surface area contributed by atoms with Gasteiger partial charge < -0.3 is 4.74 Å². The Morgan fingerprint density at radius 3 is 2.80 bits per heavy atom. The summed E-state index contributed by atoms with van der Waals surface area (Å²) in [4.78, 5) is 11.0. The molecule has 0 saturated heterocycles. The van der Waals surface area contributed by atoms with Gasteiger partial charge >= 0.3 is 5.97 Å². The first-order chi connectivity index (χ1) is 7.17. The summed E-state index contributed by atoms with van der Waals surface area (Å²) in [6.07, 6.45) is 1.78. The van der Waals surface area contributed by atoms with Gasteiger partial charge in [0.25, 0.3) is 0 Å². The molecule has 0 N–H and O–H groups in total. The zero-order valence-corrected chi connectivity index (χ0v) is 9.05. The van der Waals surface area contributed by atoms with E-state index in [1.807, 2.05) is 6.92 Å². The molecule has 0 unspecified atom stereocenters. The number of carbonyl (C=O) groups excluding carboxylic acids is 1. The van der Waals surface area contributed by atoms with Crippen LogP contribution in [-0.4, -0.2) is 13.1 Å². The van der Waals surface area contributed by atoms with Crippen LogP contribution in [0, 0.1) is 5.82 Å². The first kappa shape index (κ1) is 11.7. The van der Waals surface area contributed by atoms with Crippen LogP contribution in [0.3, 0.4) is 0 Å². The molecular formula is C12H15FO2. The van der Waals surface area contributed by atoms with Crippen molar-refractivity contribution in [3.8, 4) is 0 Å². The lowest BCUT2D eigenvalue weighted by Gasteiger charge is -2.05. The first-order valence-electron chi connectivity index (χ1n) is 5.01. The number of esters is 1. The largest absolute Gasteiger partial charge is 0.469 e. The highest BCUT2D eigenvalue weighted by atomic mass is 19.1. The van der Waals surface area contributed by atoms with Gasteiger partial charge in [-0.25, -0.2) is 4.39 Å². The molecule has 15 heavy (non-hydrogen) atoms. The van der Waals surface area contributed by atoms with E-state index in [1.54, 1.807) is 12.1 Å². The number of ether oxygens (including phenoxy) is 1. The highest BCUT2D eigenvalue weighted by Crippen LogP contribution is 2.13. The van der Waals surface area contributed by atoms with E-state index >= 15 is 0 Å². The Kier molecular flexibility index (Phi) is 4.28. The number of methoxy groups -OCH3 is 1. The van der Waals surface area contributed by atoms with E-state index in [9.17, 15) is 9.18 Å². The molecular weight excluding hydrogens is 195 g/mol. The molecule has 0 saturated carbocycles. The minimum Gasteiger partial charge on any atom is -0.469 e. The number of hydrogen-bond acceptors (Lipinski definition) is 2. The van der Waals surface area contributed by atoms with Gasteiger partial charge in [0.05, 0.1) is 13.5 Å². The lowest BCUT2D eigenvalue weighted by molar-refractivity contribution is -0.139. The summed E-state index contributed by atoms with van der Waals surface area (Å²) < 4.78 is 17.8. The SMILES string of the molecule is CCCc1cc(CC(=O)OC)ccc1F. The van der Waals surface area contributed by atoms with Crippen molar-refractivity contribution >= 4 is 5.97 Å². The summed E-state index contributed by atoms with van der Waals surface area (Å²) in [6, 6.07) is 4.75. The van der Waals surface area contributed by atoms with E-state index in [0.29, 0.717) is 12.0 Å². The molecule has 0 bridgehead atoms. The van der Waals surface area contributed by atoms with Crippen LogP contribution >= 0.6 is 0 Å². The van der Waals surface area contributed by atoms with Gasteiger partial charge in [0.2, 0.25) is 0 Å². The van der Waals surface area contributed by atoms with Crippen LogP contribution in [0.2, 0.25) is 0 Å². The predicted octanol–water partition coefficient (Wildman–Crippen LogP) is 2.49. The molecule has 0 fully saturated rings. The van der Waals surface area contributed by atoms with E-state index in [2.05, 4.69) is 4.74 Å². The molecule has 0 aromatic heterocycles. The third-order valence-electron chi connectivity index (χ3n) is 2.21. The maximum atomic E-state index is 13.3. The van der Waals surface area contributed by atoms with E-state index in [-0.39, 0.29) is 18.2 Å². The molecule has 1 aromatic rings. The fraction of sp³-hybridized carbons (Fsp3) is 0.417. The zero-order chi connectivity index (χ0) is 11.3. The van der Waals surface area contributed by atoms with Gasteiger partial charge in [-0.05, 0) is 23.6 Å². The van der Waals surface area contributed by atoms with Crippen LogP contribution in [0.4, 0.5) is 4.39 Å². The second-order valence-electron chi connectivity index (χ2n) is 3.43. The van der Waals surface area contributed by atoms with Crippen molar-refractivity contribution in [3.63, 3.8) is 0 Å². The molecule has 0 amide bonds. The lowest BCUT2D eigenvalue weighted by Crippen LogP contribution is -2.05. The molecule has 1 rings (SSSR count). The first-order valence-corrected chi connectivity index (χ1v) is 5.01. The third-order valence-corrected chi connectivity index (χ3v) is 2.21. The molecule has 0 aliphatic rings. The number of aryl methyl sites for hydroxylation is 1. The fourth-order valence-electron chi connectivity index (χ4n) is 1.44. The average Bonchev–Trinajstić information content (AvgIpc) is 2.23. The van der Waals surface area contributed by atoms with Crippen molar-refractivity contribution in [2.75, 3.05) is 7.11 Å². The van der Waals surface area contributed by atoms with Gasteiger partial charge in [-0.1, -0.05) is 25.5 Å². The fourth-order valence-corrected chi connectivity index (χ4v) is 1.44. The van der Waals surface area contributed by atoms with Gasteiger partial charge in [-0.15, -0.1) is 0 Å². The van der Waals surface area contributed by atoms with Crippen LogP contribution < -0.4 is 0 Å². The summed E-state index contributed by atoms with van der Waals surface area (Å²) >= 11 is 0. The van der Waals surface area contributed by atoms with Crippen molar-refractivity contribution in [2.24, 2.45) is 0 Å². The van der Waals surface area contributed by atoms with Gasteiger partial charge in [-0.2, -0.15) is 0 Å². The van der Waals surface area contributed by atoms with E-state index in [4.69, 9.17) is 0 Å². The summed E-state index contributed by atoms with van der Waals surface area (Å²) in [6.45, 7) is 1.99. The Bertz CT molecular complexity index is 347. The molecule has 0 spiro atoms. The minimum atomic E-state index is -0.302. The number of benzene rings is 1. The molecule has 0 radical (unpaired) electrons. The highest BCUT2D eigenvalue weighted by molar-refractivity contribution is 5.72. The van der Waals surface area contributed by atoms with Gasteiger partial charge in [-0.3, -0.25) is 4.79 Å². The lowest BCUT2D eigenvalue weighted by atomic mass is 10.0. The Hall–Kier alpha value is -1.38. The van der Waals surface area contributed by atoms with Crippen LogP contribution in [0.5, 0.6) is 0 Å². The Balaban J connectivity index is 2.82. The number of rotatable bonds is 4. The van der Waals surface area contributed by atoms with Crippen LogP contribution in [0.1, 0.15) is 24.5 Å². The number of halogens is 1. The van der Waals surface area contributed by atoms with Gasteiger partial charge in [0, 0.05) is 0 Å². The van der Waals surface area contributed by atoms with Crippen molar-refractivity contribution in [2.45, 2.75) is 26.2 Å². The van der Waals surface area contributed by atoms with Crippen LogP contribution in [0.25, 0.3) is 0 Å². The molecule has 0 aliphatic carbocycles. The molecule has 82 valence electrons. The minimum absolute atomic E-state index is 0.202. The van der Waals surface area contributed by atoms with Crippen molar-refractivity contribution in [1.82, 2.24) is 0 Å². The number of carbonyl (C=O) groups is 1.